The lowest BCUT2D eigenvalue weighted by Gasteiger charge is -2.35. The molecule has 2 fully saturated rings. The van der Waals surface area contributed by atoms with Gasteiger partial charge in [0.25, 0.3) is 0 Å². The van der Waals surface area contributed by atoms with Gasteiger partial charge in [0.2, 0.25) is 0 Å². The van der Waals surface area contributed by atoms with Crippen LogP contribution in [0.5, 0.6) is 0 Å². The van der Waals surface area contributed by atoms with Gasteiger partial charge in [-0.2, -0.15) is 5.26 Å². The molecule has 0 unspecified atom stereocenters. The van der Waals surface area contributed by atoms with Gasteiger partial charge in [-0.15, -0.1) is 0 Å². The fourth-order valence-corrected chi connectivity index (χ4v) is 2.51. The van der Waals surface area contributed by atoms with E-state index in [1.165, 1.54) is 25.7 Å². The van der Waals surface area contributed by atoms with E-state index in [2.05, 4.69) is 6.07 Å². The molecule has 0 radical (unpaired) electrons. The van der Waals surface area contributed by atoms with Crippen molar-refractivity contribution < 1.29 is 4.74 Å². The third-order valence-electron chi connectivity index (χ3n) is 3.19. The van der Waals surface area contributed by atoms with E-state index >= 15 is 0 Å². The highest BCUT2D eigenvalue weighted by Gasteiger charge is 2.39. The fraction of sp³-hybridized carbons (Fsp3) is 0.900. The number of hydrogen-bond acceptors (Lipinski definition) is 2. The maximum atomic E-state index is 8.83. The van der Waals surface area contributed by atoms with Gasteiger partial charge in [0.15, 0.2) is 0 Å². The standard InChI is InChI=1S/C10H15NO/c11-8-9-3-6-12-10(7-9)4-1-2-5-10/h9H,1-7H2/t9-/m0/s1. The van der Waals surface area contributed by atoms with Crippen LogP contribution in [0.3, 0.4) is 0 Å². The number of ether oxygens (including phenoxy) is 1. The van der Waals surface area contributed by atoms with Crippen molar-refractivity contribution in [2.24, 2.45) is 5.92 Å². The minimum Gasteiger partial charge on any atom is -0.375 e. The van der Waals surface area contributed by atoms with Crippen LogP contribution in [-0.2, 0) is 4.74 Å². The van der Waals surface area contributed by atoms with Gasteiger partial charge in [-0.3, -0.25) is 0 Å². The van der Waals surface area contributed by atoms with E-state index in [9.17, 15) is 0 Å². The predicted molar refractivity (Wildman–Crippen MR) is 45.5 cm³/mol. The molecule has 1 aliphatic heterocycles. The Balaban J connectivity index is 2.02. The van der Waals surface area contributed by atoms with Crippen LogP contribution in [0.15, 0.2) is 0 Å². The number of nitriles is 1. The summed E-state index contributed by atoms with van der Waals surface area (Å²) in [6, 6.07) is 2.38. The normalized spacial score (nSPS) is 33.4. The van der Waals surface area contributed by atoms with Crippen molar-refractivity contribution in [3.05, 3.63) is 0 Å². The summed E-state index contributed by atoms with van der Waals surface area (Å²) in [7, 11) is 0. The van der Waals surface area contributed by atoms with Gasteiger partial charge >= 0.3 is 0 Å². The summed E-state index contributed by atoms with van der Waals surface area (Å²) in [6.07, 6.45) is 6.88. The summed E-state index contributed by atoms with van der Waals surface area (Å²) in [5.41, 5.74) is 0.124. The molecule has 0 amide bonds. The Morgan fingerprint density at radius 3 is 2.75 bits per heavy atom. The molecule has 2 nitrogen and oxygen atoms in total. The highest BCUT2D eigenvalue weighted by atomic mass is 16.5. The van der Waals surface area contributed by atoms with Crippen LogP contribution in [-0.4, -0.2) is 12.2 Å². The molecule has 0 aromatic heterocycles. The first kappa shape index (κ1) is 8.07. The van der Waals surface area contributed by atoms with Gasteiger partial charge in [-0.05, 0) is 25.7 Å². The van der Waals surface area contributed by atoms with Gasteiger partial charge in [-0.1, -0.05) is 12.8 Å². The van der Waals surface area contributed by atoms with Crippen molar-refractivity contribution in [3.63, 3.8) is 0 Å². The van der Waals surface area contributed by atoms with Crippen LogP contribution in [0.1, 0.15) is 38.5 Å². The zero-order chi connectivity index (χ0) is 8.44. The highest BCUT2D eigenvalue weighted by Crippen LogP contribution is 2.41. The average Bonchev–Trinajstić information content (AvgIpc) is 2.53. The lowest BCUT2D eigenvalue weighted by molar-refractivity contribution is -0.0842. The third kappa shape index (κ3) is 1.34. The number of rotatable bonds is 0. The maximum absolute atomic E-state index is 8.83. The third-order valence-corrected chi connectivity index (χ3v) is 3.19. The molecule has 0 aromatic rings. The molecule has 1 heterocycles. The van der Waals surface area contributed by atoms with Crippen molar-refractivity contribution in [1.29, 1.82) is 5.26 Å². The molecule has 66 valence electrons. The van der Waals surface area contributed by atoms with E-state index in [1.54, 1.807) is 0 Å². The summed E-state index contributed by atoms with van der Waals surface area (Å²) < 4.78 is 5.81. The number of nitrogens with zero attached hydrogens (tertiary/aromatic N) is 1. The van der Waals surface area contributed by atoms with Gasteiger partial charge < -0.3 is 4.74 Å². The zero-order valence-electron chi connectivity index (χ0n) is 7.38. The lowest BCUT2D eigenvalue weighted by atomic mass is 9.85. The van der Waals surface area contributed by atoms with Crippen LogP contribution in [0.2, 0.25) is 0 Å². The van der Waals surface area contributed by atoms with Gasteiger partial charge in [-0.25, -0.2) is 0 Å². The van der Waals surface area contributed by atoms with Crippen molar-refractivity contribution in [1.82, 2.24) is 0 Å². The minimum atomic E-state index is 0.124. The Bertz CT molecular complexity index is 200. The molecular weight excluding hydrogens is 150 g/mol. The van der Waals surface area contributed by atoms with Crippen molar-refractivity contribution in [2.45, 2.75) is 44.1 Å². The second-order valence-electron chi connectivity index (χ2n) is 4.06. The molecule has 0 aromatic carbocycles. The number of hydrogen-bond donors (Lipinski definition) is 0. The molecule has 1 spiro atoms. The molecule has 1 aliphatic carbocycles. The van der Waals surface area contributed by atoms with Gasteiger partial charge in [0.05, 0.1) is 17.6 Å². The largest absolute Gasteiger partial charge is 0.375 e. The Hall–Kier alpha value is -0.550. The predicted octanol–water partition coefficient (Wildman–Crippen LogP) is 2.25. The minimum absolute atomic E-state index is 0.124. The summed E-state index contributed by atoms with van der Waals surface area (Å²) in [5.74, 6) is 0.261. The van der Waals surface area contributed by atoms with Crippen LogP contribution >= 0.6 is 0 Å². The molecule has 1 saturated carbocycles. The fourth-order valence-electron chi connectivity index (χ4n) is 2.51. The van der Waals surface area contributed by atoms with Crippen LogP contribution in [0, 0.1) is 17.2 Å². The van der Waals surface area contributed by atoms with Crippen LogP contribution in [0.25, 0.3) is 0 Å². The molecule has 0 N–H and O–H groups in total. The van der Waals surface area contributed by atoms with Crippen molar-refractivity contribution >= 4 is 0 Å². The van der Waals surface area contributed by atoms with E-state index in [0.29, 0.717) is 0 Å². The molecule has 2 aliphatic rings. The summed E-state index contributed by atoms with van der Waals surface area (Å²) >= 11 is 0. The monoisotopic (exact) mass is 165 g/mol. The van der Waals surface area contributed by atoms with Crippen LogP contribution in [0.4, 0.5) is 0 Å². The first-order valence-corrected chi connectivity index (χ1v) is 4.88. The lowest BCUT2D eigenvalue weighted by Crippen LogP contribution is -2.36. The smallest absolute Gasteiger partial charge is 0.0695 e. The van der Waals surface area contributed by atoms with E-state index in [4.69, 9.17) is 10.00 Å². The first-order valence-electron chi connectivity index (χ1n) is 4.88. The Labute approximate surface area is 73.5 Å². The molecule has 1 saturated heterocycles. The van der Waals surface area contributed by atoms with Crippen molar-refractivity contribution in [3.8, 4) is 6.07 Å². The molecule has 0 bridgehead atoms. The summed E-state index contributed by atoms with van der Waals surface area (Å²) in [5, 5.41) is 8.83. The Morgan fingerprint density at radius 1 is 1.33 bits per heavy atom. The van der Waals surface area contributed by atoms with E-state index in [1.807, 2.05) is 0 Å². The summed E-state index contributed by atoms with van der Waals surface area (Å²) in [4.78, 5) is 0. The topological polar surface area (TPSA) is 33.0 Å². The molecular formula is C10H15NO. The molecule has 1 atom stereocenters. The average molecular weight is 165 g/mol. The Morgan fingerprint density at radius 2 is 2.08 bits per heavy atom. The van der Waals surface area contributed by atoms with E-state index in [-0.39, 0.29) is 11.5 Å². The second kappa shape index (κ2) is 3.06. The van der Waals surface area contributed by atoms with Gasteiger partial charge in [0, 0.05) is 6.61 Å². The van der Waals surface area contributed by atoms with Crippen LogP contribution < -0.4 is 0 Å². The summed E-state index contributed by atoms with van der Waals surface area (Å²) in [6.45, 7) is 0.804. The first-order chi connectivity index (χ1) is 5.85. The molecule has 2 rings (SSSR count). The highest BCUT2D eigenvalue weighted by molar-refractivity contribution is 4.97. The van der Waals surface area contributed by atoms with E-state index in [0.717, 1.165) is 19.4 Å². The molecule has 12 heavy (non-hydrogen) atoms. The van der Waals surface area contributed by atoms with Crippen molar-refractivity contribution in [2.75, 3.05) is 6.61 Å². The Kier molecular flexibility index (Phi) is 2.06. The van der Waals surface area contributed by atoms with Gasteiger partial charge in [0.1, 0.15) is 0 Å². The van der Waals surface area contributed by atoms with E-state index < -0.39 is 0 Å². The second-order valence-corrected chi connectivity index (χ2v) is 4.06. The maximum Gasteiger partial charge on any atom is 0.0695 e. The SMILES string of the molecule is N#C[C@H]1CCOC2(CCCC2)C1. The molecule has 2 heteroatoms. The zero-order valence-corrected chi connectivity index (χ0v) is 7.38. The quantitative estimate of drug-likeness (QED) is 0.551.